The molecule has 0 radical (unpaired) electrons. The molecule has 0 atom stereocenters. The summed E-state index contributed by atoms with van der Waals surface area (Å²) in [7, 11) is 0. The van der Waals surface area contributed by atoms with Crippen molar-refractivity contribution in [3.63, 3.8) is 0 Å². The lowest BCUT2D eigenvalue weighted by Crippen LogP contribution is -2.13. The van der Waals surface area contributed by atoms with E-state index in [2.05, 4.69) is 36.3 Å². The molecule has 1 amide bonds. The number of aromatic amines is 1. The summed E-state index contributed by atoms with van der Waals surface area (Å²) >= 11 is 3.30. The van der Waals surface area contributed by atoms with E-state index in [0.717, 1.165) is 17.4 Å². The van der Waals surface area contributed by atoms with Crippen molar-refractivity contribution in [3.05, 3.63) is 64.8 Å². The van der Waals surface area contributed by atoms with Gasteiger partial charge in [0.2, 0.25) is 0 Å². The summed E-state index contributed by atoms with van der Waals surface area (Å²) in [5.74, 6) is 0.315. The molecule has 22 heavy (non-hydrogen) atoms. The fourth-order valence-electron chi connectivity index (χ4n) is 2.03. The van der Waals surface area contributed by atoms with Crippen molar-refractivity contribution in [1.82, 2.24) is 19.7 Å². The van der Waals surface area contributed by atoms with E-state index in [0.29, 0.717) is 11.5 Å². The first kappa shape index (κ1) is 14.5. The second-order valence-corrected chi connectivity index (χ2v) is 5.67. The molecule has 0 fully saturated rings. The van der Waals surface area contributed by atoms with Gasteiger partial charge in [0.25, 0.3) is 5.91 Å². The number of carbonyl (C=O) groups is 1. The van der Waals surface area contributed by atoms with Gasteiger partial charge in [-0.3, -0.25) is 14.5 Å². The Hall–Kier alpha value is -2.41. The van der Waals surface area contributed by atoms with Gasteiger partial charge in [0, 0.05) is 41.9 Å². The van der Waals surface area contributed by atoms with Gasteiger partial charge in [-0.2, -0.15) is 5.10 Å². The molecule has 2 N–H and O–H groups in total. The number of pyridine rings is 1. The quantitative estimate of drug-likeness (QED) is 0.735. The number of aromatic nitrogens is 4. The summed E-state index contributed by atoms with van der Waals surface area (Å²) in [6.07, 6.45) is 7.97. The van der Waals surface area contributed by atoms with Crippen LogP contribution >= 0.6 is 15.9 Å². The number of hydrogen-bond donors (Lipinski definition) is 2. The first-order valence-electron chi connectivity index (χ1n) is 6.78. The fourth-order valence-corrected chi connectivity index (χ4v) is 2.37. The van der Waals surface area contributed by atoms with Crippen molar-refractivity contribution in [2.45, 2.75) is 13.0 Å². The first-order chi connectivity index (χ1) is 10.7. The highest BCUT2D eigenvalue weighted by Crippen LogP contribution is 2.12. The lowest BCUT2D eigenvalue weighted by molar-refractivity contribution is 0.102. The number of rotatable bonds is 5. The van der Waals surface area contributed by atoms with Crippen molar-refractivity contribution in [3.8, 4) is 0 Å². The van der Waals surface area contributed by atoms with E-state index < -0.39 is 0 Å². The summed E-state index contributed by atoms with van der Waals surface area (Å²) in [6, 6.07) is 7.46. The van der Waals surface area contributed by atoms with Gasteiger partial charge in [0.1, 0.15) is 5.69 Å². The molecule has 0 saturated heterocycles. The van der Waals surface area contributed by atoms with Crippen molar-refractivity contribution < 1.29 is 4.79 Å². The summed E-state index contributed by atoms with van der Waals surface area (Å²) in [4.78, 5) is 18.9. The topological polar surface area (TPSA) is 75.6 Å². The number of amides is 1. The third-order valence-corrected chi connectivity index (χ3v) is 3.61. The molecule has 0 spiro atoms. The lowest BCUT2D eigenvalue weighted by atomic mass is 10.2. The number of H-pyrrole nitrogens is 1. The molecule has 112 valence electrons. The van der Waals surface area contributed by atoms with Crippen LogP contribution in [0.1, 0.15) is 16.1 Å². The molecule has 0 aromatic carbocycles. The van der Waals surface area contributed by atoms with E-state index in [4.69, 9.17) is 0 Å². The average Bonchev–Trinajstić information content (AvgIpc) is 3.15. The predicted octanol–water partition coefficient (Wildman–Crippen LogP) is 2.86. The molecule has 6 nitrogen and oxygen atoms in total. The van der Waals surface area contributed by atoms with Gasteiger partial charge in [0.15, 0.2) is 5.82 Å². The minimum atomic E-state index is -0.218. The van der Waals surface area contributed by atoms with Crippen LogP contribution in [0.15, 0.2) is 53.5 Å². The number of aryl methyl sites for hydroxylation is 2. The molecular weight excluding hydrogens is 346 g/mol. The molecule has 0 aliphatic rings. The zero-order valence-corrected chi connectivity index (χ0v) is 13.2. The fraction of sp³-hybridized carbons (Fsp3) is 0.133. The third-order valence-electron chi connectivity index (χ3n) is 3.15. The van der Waals surface area contributed by atoms with Crippen LogP contribution in [0.3, 0.4) is 0 Å². The number of nitrogens with one attached hydrogen (secondary N) is 2. The van der Waals surface area contributed by atoms with Crippen LogP contribution in [0.4, 0.5) is 5.82 Å². The maximum absolute atomic E-state index is 12.0. The second-order valence-electron chi connectivity index (χ2n) is 4.76. The van der Waals surface area contributed by atoms with Crippen molar-refractivity contribution in [2.75, 3.05) is 5.32 Å². The van der Waals surface area contributed by atoms with Crippen LogP contribution in [-0.2, 0) is 13.0 Å². The minimum absolute atomic E-state index is 0.218. The van der Waals surface area contributed by atoms with E-state index in [9.17, 15) is 4.79 Å². The number of anilines is 1. The summed E-state index contributed by atoms with van der Waals surface area (Å²) in [5.41, 5.74) is 1.69. The van der Waals surface area contributed by atoms with Gasteiger partial charge in [-0.25, -0.2) is 0 Å². The highest BCUT2D eigenvalue weighted by atomic mass is 79.9. The Bertz CT molecular complexity index is 765. The monoisotopic (exact) mass is 359 g/mol. The smallest absolute Gasteiger partial charge is 0.273 e. The Morgan fingerprint density at radius 3 is 2.86 bits per heavy atom. The number of halogens is 1. The predicted molar refractivity (Wildman–Crippen MR) is 86.6 cm³/mol. The molecule has 3 aromatic heterocycles. The van der Waals surface area contributed by atoms with Gasteiger partial charge < -0.3 is 10.3 Å². The Morgan fingerprint density at radius 2 is 2.14 bits per heavy atom. The van der Waals surface area contributed by atoms with E-state index in [1.165, 1.54) is 5.56 Å². The molecule has 3 heterocycles. The third kappa shape index (κ3) is 3.62. The second kappa shape index (κ2) is 6.57. The lowest BCUT2D eigenvalue weighted by Gasteiger charge is -2.02. The molecule has 0 aliphatic carbocycles. The molecule has 3 rings (SSSR count). The van der Waals surface area contributed by atoms with Crippen molar-refractivity contribution in [1.29, 1.82) is 0 Å². The Morgan fingerprint density at radius 1 is 1.32 bits per heavy atom. The van der Waals surface area contributed by atoms with Crippen LogP contribution in [0.5, 0.6) is 0 Å². The number of nitrogens with zero attached hydrogens (tertiary/aromatic N) is 3. The first-order valence-corrected chi connectivity index (χ1v) is 7.57. The standard InChI is InChI=1S/C15H14BrN5O/c16-12-9-13(18-10-12)15(22)19-14-4-8-21(20-14)7-3-11-1-5-17-6-2-11/h1-2,4-6,8-10,18H,3,7H2,(H,19,20,22). The van der Waals surface area contributed by atoms with Crippen molar-refractivity contribution >= 4 is 27.7 Å². The Balaban J connectivity index is 1.58. The Kier molecular flexibility index (Phi) is 4.34. The summed E-state index contributed by atoms with van der Waals surface area (Å²) in [6.45, 7) is 0.744. The maximum Gasteiger partial charge on any atom is 0.273 e. The number of hydrogen-bond acceptors (Lipinski definition) is 3. The van der Waals surface area contributed by atoms with Crippen molar-refractivity contribution in [2.24, 2.45) is 0 Å². The Labute approximate surface area is 135 Å². The SMILES string of the molecule is O=C(Nc1ccn(CCc2ccncc2)n1)c1cc(Br)c[nH]1. The number of carbonyl (C=O) groups excluding carboxylic acids is 1. The largest absolute Gasteiger partial charge is 0.356 e. The normalized spacial score (nSPS) is 10.6. The molecule has 0 aliphatic heterocycles. The van der Waals surface area contributed by atoms with Gasteiger partial charge in [-0.1, -0.05) is 0 Å². The zero-order valence-electron chi connectivity index (χ0n) is 11.7. The van der Waals surface area contributed by atoms with Gasteiger partial charge in [0.05, 0.1) is 0 Å². The molecule has 3 aromatic rings. The van der Waals surface area contributed by atoms with E-state index in [1.54, 1.807) is 35.4 Å². The van der Waals surface area contributed by atoms with Crippen LogP contribution in [0.25, 0.3) is 0 Å². The van der Waals surface area contributed by atoms with Crippen LogP contribution < -0.4 is 5.32 Å². The summed E-state index contributed by atoms with van der Waals surface area (Å²) < 4.78 is 2.64. The molecule has 0 unspecified atom stereocenters. The highest BCUT2D eigenvalue weighted by Gasteiger charge is 2.09. The van der Waals surface area contributed by atoms with Gasteiger partial charge in [-0.05, 0) is 46.1 Å². The summed E-state index contributed by atoms with van der Waals surface area (Å²) in [5, 5.41) is 7.10. The molecule has 0 saturated carbocycles. The van der Waals surface area contributed by atoms with Crippen LogP contribution in [0.2, 0.25) is 0 Å². The zero-order chi connectivity index (χ0) is 15.4. The molecule has 0 bridgehead atoms. The van der Waals surface area contributed by atoms with E-state index in [1.807, 2.05) is 18.3 Å². The molecular formula is C15H14BrN5O. The van der Waals surface area contributed by atoms with E-state index in [-0.39, 0.29) is 5.91 Å². The van der Waals surface area contributed by atoms with Crippen LogP contribution in [0, 0.1) is 0 Å². The van der Waals surface area contributed by atoms with Crippen LogP contribution in [-0.4, -0.2) is 25.7 Å². The molecule has 7 heteroatoms. The van der Waals surface area contributed by atoms with Gasteiger partial charge in [-0.15, -0.1) is 0 Å². The van der Waals surface area contributed by atoms with E-state index >= 15 is 0 Å². The highest BCUT2D eigenvalue weighted by molar-refractivity contribution is 9.10. The average molecular weight is 360 g/mol. The maximum atomic E-state index is 12.0. The minimum Gasteiger partial charge on any atom is -0.356 e. The van der Waals surface area contributed by atoms with Gasteiger partial charge >= 0.3 is 0 Å².